The summed E-state index contributed by atoms with van der Waals surface area (Å²) in [5, 5.41) is 17.2. The molecule has 5 nitrogen and oxygen atoms in total. The molecule has 0 aliphatic heterocycles. The Morgan fingerprint density at radius 3 is 1.97 bits per heavy atom. The van der Waals surface area contributed by atoms with E-state index in [-0.39, 0.29) is 11.6 Å². The van der Waals surface area contributed by atoms with Gasteiger partial charge in [-0.05, 0) is 53.5 Å². The molecular formula is C27H29N5. The molecule has 1 aliphatic carbocycles. The van der Waals surface area contributed by atoms with Gasteiger partial charge in [-0.25, -0.2) is 4.68 Å². The molecule has 0 spiro atoms. The van der Waals surface area contributed by atoms with Gasteiger partial charge < -0.3 is 5.32 Å². The van der Waals surface area contributed by atoms with Crippen molar-refractivity contribution in [3.05, 3.63) is 107 Å². The van der Waals surface area contributed by atoms with Gasteiger partial charge in [-0.2, -0.15) is 0 Å². The second-order valence-electron chi connectivity index (χ2n) is 8.80. The average Bonchev–Trinajstić information content (AvgIpc) is 3.33. The first-order valence-electron chi connectivity index (χ1n) is 11.5. The van der Waals surface area contributed by atoms with Crippen LogP contribution in [0.1, 0.15) is 60.7 Å². The highest BCUT2D eigenvalue weighted by atomic mass is 15.6. The molecule has 1 aliphatic rings. The number of rotatable bonds is 6. The largest absolute Gasteiger partial charge is 0.373 e. The maximum absolute atomic E-state index is 4.64. The number of benzene rings is 3. The molecule has 1 aromatic heterocycles. The van der Waals surface area contributed by atoms with Gasteiger partial charge >= 0.3 is 0 Å². The number of aromatic nitrogens is 4. The molecule has 32 heavy (non-hydrogen) atoms. The molecule has 0 saturated heterocycles. The Morgan fingerprint density at radius 2 is 1.38 bits per heavy atom. The minimum atomic E-state index is -0.293. The molecule has 3 aromatic carbocycles. The number of nitrogens with zero attached hydrogens (tertiary/aromatic N) is 4. The highest BCUT2D eigenvalue weighted by molar-refractivity contribution is 5.48. The maximum atomic E-state index is 4.64. The van der Waals surface area contributed by atoms with Crippen molar-refractivity contribution in [2.24, 2.45) is 0 Å². The van der Waals surface area contributed by atoms with Crippen LogP contribution in [0.15, 0.2) is 84.9 Å². The predicted octanol–water partition coefficient (Wildman–Crippen LogP) is 5.89. The first kappa shape index (κ1) is 20.4. The van der Waals surface area contributed by atoms with Crippen LogP contribution in [0.2, 0.25) is 0 Å². The van der Waals surface area contributed by atoms with Gasteiger partial charge in [0.25, 0.3) is 0 Å². The van der Waals surface area contributed by atoms with Gasteiger partial charge in [0.05, 0.1) is 5.54 Å². The van der Waals surface area contributed by atoms with Crippen LogP contribution in [0, 0.1) is 6.92 Å². The Bertz CT molecular complexity index is 1090. The van der Waals surface area contributed by atoms with E-state index in [0.29, 0.717) is 0 Å². The predicted molar refractivity (Wildman–Crippen MR) is 128 cm³/mol. The number of tetrazole rings is 1. The lowest BCUT2D eigenvalue weighted by Crippen LogP contribution is -2.41. The van der Waals surface area contributed by atoms with Crippen molar-refractivity contribution >= 4 is 5.69 Å². The lowest BCUT2D eigenvalue weighted by molar-refractivity contribution is 0.298. The smallest absolute Gasteiger partial charge is 0.177 e. The summed E-state index contributed by atoms with van der Waals surface area (Å²) in [6.45, 7) is 2.12. The number of hydrogen-bond acceptors (Lipinski definition) is 4. The fourth-order valence-corrected chi connectivity index (χ4v) is 4.90. The van der Waals surface area contributed by atoms with E-state index in [4.69, 9.17) is 0 Å². The fraction of sp³-hybridized carbons (Fsp3) is 0.296. The van der Waals surface area contributed by atoms with Crippen LogP contribution in [0.4, 0.5) is 5.69 Å². The summed E-state index contributed by atoms with van der Waals surface area (Å²) in [4.78, 5) is 0. The van der Waals surface area contributed by atoms with Crippen molar-refractivity contribution < 1.29 is 0 Å². The summed E-state index contributed by atoms with van der Waals surface area (Å²) in [6, 6.07) is 29.6. The SMILES string of the molecule is Cc1ccc(NC2(c3nnnn3C(c3ccccc3)c3ccccc3)CCCCC2)cc1. The molecule has 162 valence electrons. The lowest BCUT2D eigenvalue weighted by atomic mass is 9.80. The van der Waals surface area contributed by atoms with Gasteiger partial charge in [0, 0.05) is 5.69 Å². The van der Waals surface area contributed by atoms with E-state index in [1.807, 2.05) is 16.8 Å². The molecule has 1 saturated carbocycles. The zero-order valence-electron chi connectivity index (χ0n) is 18.5. The molecule has 0 amide bonds. The number of aryl methyl sites for hydroxylation is 1. The second-order valence-corrected chi connectivity index (χ2v) is 8.80. The summed E-state index contributed by atoms with van der Waals surface area (Å²) in [5.41, 5.74) is 4.43. The quantitative estimate of drug-likeness (QED) is 0.420. The van der Waals surface area contributed by atoms with E-state index >= 15 is 0 Å². The number of nitrogens with one attached hydrogen (secondary N) is 1. The van der Waals surface area contributed by atoms with E-state index in [2.05, 4.69) is 101 Å². The van der Waals surface area contributed by atoms with Crippen LogP contribution in [0.25, 0.3) is 0 Å². The van der Waals surface area contributed by atoms with Crippen molar-refractivity contribution in [2.45, 2.75) is 50.6 Å². The molecule has 5 heteroatoms. The van der Waals surface area contributed by atoms with Crippen LogP contribution < -0.4 is 5.32 Å². The summed E-state index contributed by atoms with van der Waals surface area (Å²) in [5.74, 6) is 0.912. The summed E-state index contributed by atoms with van der Waals surface area (Å²) < 4.78 is 2.04. The number of hydrogen-bond donors (Lipinski definition) is 1. The third-order valence-corrected chi connectivity index (χ3v) is 6.54. The van der Waals surface area contributed by atoms with Crippen molar-refractivity contribution in [2.75, 3.05) is 5.32 Å². The van der Waals surface area contributed by atoms with Gasteiger partial charge in [-0.15, -0.1) is 5.10 Å². The molecule has 4 aromatic rings. The fourth-order valence-electron chi connectivity index (χ4n) is 4.90. The lowest BCUT2D eigenvalue weighted by Gasteiger charge is -2.38. The van der Waals surface area contributed by atoms with Crippen molar-refractivity contribution in [3.63, 3.8) is 0 Å². The maximum Gasteiger partial charge on any atom is 0.177 e. The first-order valence-corrected chi connectivity index (χ1v) is 11.5. The molecule has 0 atom stereocenters. The van der Waals surface area contributed by atoms with Crippen LogP contribution in [-0.2, 0) is 5.54 Å². The van der Waals surface area contributed by atoms with Crippen LogP contribution in [0.3, 0.4) is 0 Å². The van der Waals surface area contributed by atoms with Crippen LogP contribution in [0.5, 0.6) is 0 Å². The molecular weight excluding hydrogens is 394 g/mol. The van der Waals surface area contributed by atoms with Gasteiger partial charge in [0.15, 0.2) is 5.82 Å². The van der Waals surface area contributed by atoms with E-state index in [1.165, 1.54) is 23.1 Å². The average molecular weight is 424 g/mol. The Hall–Kier alpha value is -3.47. The van der Waals surface area contributed by atoms with E-state index < -0.39 is 0 Å². The molecule has 1 N–H and O–H groups in total. The van der Waals surface area contributed by atoms with Crippen LogP contribution in [-0.4, -0.2) is 20.2 Å². The highest BCUT2D eigenvalue weighted by Crippen LogP contribution is 2.41. The molecule has 1 fully saturated rings. The van der Waals surface area contributed by atoms with Crippen molar-refractivity contribution in [3.8, 4) is 0 Å². The Morgan fingerprint density at radius 1 is 0.781 bits per heavy atom. The van der Waals surface area contributed by atoms with E-state index in [0.717, 1.165) is 37.2 Å². The van der Waals surface area contributed by atoms with Gasteiger partial charge in [-0.1, -0.05) is 97.6 Å². The Labute approximate surface area is 189 Å². The Balaban J connectivity index is 1.62. The minimum Gasteiger partial charge on any atom is -0.373 e. The standard InChI is InChI=1S/C27H29N5/c1-21-15-17-24(18-16-21)28-27(19-9-4-10-20-27)26-29-30-31-32(26)25(22-11-5-2-6-12-22)23-13-7-3-8-14-23/h2-3,5-8,11-18,25,28H,4,9-10,19-20H2,1H3. The summed E-state index contributed by atoms with van der Waals surface area (Å²) in [6.07, 6.45) is 5.59. The topological polar surface area (TPSA) is 55.6 Å². The normalized spacial score (nSPS) is 15.6. The van der Waals surface area contributed by atoms with Crippen molar-refractivity contribution in [1.29, 1.82) is 0 Å². The van der Waals surface area contributed by atoms with E-state index in [1.54, 1.807) is 0 Å². The Kier molecular flexibility index (Phi) is 5.71. The molecule has 0 bridgehead atoms. The highest BCUT2D eigenvalue weighted by Gasteiger charge is 2.40. The molecule has 0 unspecified atom stereocenters. The molecule has 0 radical (unpaired) electrons. The second kappa shape index (κ2) is 8.95. The molecule has 5 rings (SSSR count). The number of anilines is 1. The van der Waals surface area contributed by atoms with Gasteiger partial charge in [0.2, 0.25) is 0 Å². The zero-order chi connectivity index (χ0) is 21.8. The third-order valence-electron chi connectivity index (χ3n) is 6.54. The third kappa shape index (κ3) is 4.03. The van der Waals surface area contributed by atoms with Crippen molar-refractivity contribution in [1.82, 2.24) is 20.2 Å². The first-order chi connectivity index (χ1) is 15.8. The van der Waals surface area contributed by atoms with Gasteiger partial charge in [0.1, 0.15) is 6.04 Å². The van der Waals surface area contributed by atoms with Crippen LogP contribution >= 0.6 is 0 Å². The van der Waals surface area contributed by atoms with Gasteiger partial charge in [-0.3, -0.25) is 0 Å². The monoisotopic (exact) mass is 423 g/mol. The summed E-state index contributed by atoms with van der Waals surface area (Å²) >= 11 is 0. The molecule has 1 heterocycles. The zero-order valence-corrected chi connectivity index (χ0v) is 18.5. The minimum absolute atomic E-state index is 0.0824. The summed E-state index contributed by atoms with van der Waals surface area (Å²) in [7, 11) is 0. The van der Waals surface area contributed by atoms with E-state index in [9.17, 15) is 0 Å².